The molecule has 2 aromatic rings. The molecule has 5 heteroatoms. The maximum atomic E-state index is 11.9. The molecule has 0 bridgehead atoms. The van der Waals surface area contributed by atoms with Gasteiger partial charge in [-0.25, -0.2) is 9.59 Å². The quantitative estimate of drug-likeness (QED) is 0.426. The molecule has 0 aliphatic carbocycles. The van der Waals surface area contributed by atoms with Crippen molar-refractivity contribution in [2.24, 2.45) is 0 Å². The number of esters is 1. The van der Waals surface area contributed by atoms with Crippen molar-refractivity contribution in [1.82, 2.24) is 0 Å². The van der Waals surface area contributed by atoms with Crippen LogP contribution in [-0.4, -0.2) is 17.7 Å². The molecule has 0 radical (unpaired) electrons. The molecule has 0 aliphatic heterocycles. The number of phenolic OH excluding ortho intramolecular Hbond substituents is 1. The summed E-state index contributed by atoms with van der Waals surface area (Å²) >= 11 is 0. The summed E-state index contributed by atoms with van der Waals surface area (Å²) < 4.78 is 10.0. The van der Waals surface area contributed by atoms with E-state index in [1.807, 2.05) is 0 Å². The number of benzene rings is 1. The van der Waals surface area contributed by atoms with Gasteiger partial charge in [0.05, 0.1) is 6.61 Å². The van der Waals surface area contributed by atoms with Gasteiger partial charge in [0.2, 0.25) is 0 Å². The van der Waals surface area contributed by atoms with E-state index in [1.165, 1.54) is 23.3 Å². The molecule has 1 N–H and O–H groups in total. The molecule has 0 amide bonds. The Morgan fingerprint density at radius 3 is 2.59 bits per heavy atom. The largest absolute Gasteiger partial charge is 0.508 e. The van der Waals surface area contributed by atoms with E-state index in [2.05, 4.69) is 32.9 Å². The second-order valence-electron chi connectivity index (χ2n) is 6.76. The zero-order valence-electron chi connectivity index (χ0n) is 16.3. The molecule has 0 fully saturated rings. The Kier molecular flexibility index (Phi) is 6.99. The van der Waals surface area contributed by atoms with E-state index < -0.39 is 11.6 Å². The first-order valence-corrected chi connectivity index (χ1v) is 9.07. The summed E-state index contributed by atoms with van der Waals surface area (Å²) in [7, 11) is 0. The van der Waals surface area contributed by atoms with E-state index in [0.29, 0.717) is 17.4 Å². The normalized spacial score (nSPS) is 11.5. The first-order valence-electron chi connectivity index (χ1n) is 9.07. The maximum absolute atomic E-state index is 11.9. The first-order chi connectivity index (χ1) is 12.8. The molecule has 0 saturated heterocycles. The molecule has 1 heterocycles. The van der Waals surface area contributed by atoms with E-state index in [1.54, 1.807) is 13.0 Å². The van der Waals surface area contributed by atoms with Gasteiger partial charge in [0.25, 0.3) is 0 Å². The number of fused-ring (bicyclic) bond motifs is 1. The fraction of sp³-hybridized carbons (Fsp3) is 0.364. The molecule has 27 heavy (non-hydrogen) atoms. The van der Waals surface area contributed by atoms with Crippen LogP contribution in [0.4, 0.5) is 0 Å². The van der Waals surface area contributed by atoms with Crippen LogP contribution in [0.2, 0.25) is 0 Å². The highest BCUT2D eigenvalue weighted by molar-refractivity contribution is 5.93. The smallest absolute Gasteiger partial charge is 0.351 e. The molecule has 0 atom stereocenters. The minimum absolute atomic E-state index is 0.0582. The summed E-state index contributed by atoms with van der Waals surface area (Å²) in [5, 5.41) is 10.8. The molecule has 5 nitrogen and oxygen atoms in total. The van der Waals surface area contributed by atoms with Gasteiger partial charge in [0, 0.05) is 11.5 Å². The summed E-state index contributed by atoms with van der Waals surface area (Å²) in [5.41, 5.74) is 2.55. The van der Waals surface area contributed by atoms with Gasteiger partial charge in [-0.05, 0) is 64.7 Å². The third kappa shape index (κ3) is 5.58. The Labute approximate surface area is 159 Å². The van der Waals surface area contributed by atoms with Crippen LogP contribution >= 0.6 is 0 Å². The number of allylic oxidation sites excluding steroid dienone is 4. The Hall–Kier alpha value is -2.82. The summed E-state index contributed by atoms with van der Waals surface area (Å²) in [6.07, 6.45) is 6.77. The molecule has 0 saturated carbocycles. The number of ether oxygens (including phenoxy) is 1. The lowest BCUT2D eigenvalue weighted by Crippen LogP contribution is -2.16. The molecular weight excluding hydrogens is 344 g/mol. The number of rotatable bonds is 7. The minimum atomic E-state index is -0.775. The van der Waals surface area contributed by atoms with Gasteiger partial charge in [-0.3, -0.25) is 0 Å². The van der Waals surface area contributed by atoms with Gasteiger partial charge in [0.1, 0.15) is 16.9 Å². The average molecular weight is 370 g/mol. The molecule has 0 unspecified atom stereocenters. The second-order valence-corrected chi connectivity index (χ2v) is 6.76. The van der Waals surface area contributed by atoms with Crippen LogP contribution in [0.25, 0.3) is 11.0 Å². The maximum Gasteiger partial charge on any atom is 0.351 e. The predicted molar refractivity (Wildman–Crippen MR) is 106 cm³/mol. The van der Waals surface area contributed by atoms with Crippen LogP contribution in [0.15, 0.2) is 50.7 Å². The SMILES string of the molecule is CCOC(=O)c1cc2cc(CC=C(C)CCC=C(C)C)c(O)cc2oc1=O. The standard InChI is InChI=1S/C22H26O5/c1-5-26-21(24)18-12-17-11-16(19(23)13-20(17)27-22(18)25)10-9-15(4)8-6-7-14(2)3/h7,9,11-13,23H,5-6,8,10H2,1-4H3. The van der Waals surface area contributed by atoms with Gasteiger partial charge in [-0.1, -0.05) is 23.3 Å². The minimum Gasteiger partial charge on any atom is -0.508 e. The average Bonchev–Trinajstić information content (AvgIpc) is 2.59. The third-order valence-corrected chi connectivity index (χ3v) is 4.19. The van der Waals surface area contributed by atoms with Crippen LogP contribution in [0.5, 0.6) is 5.75 Å². The number of carbonyl (C=O) groups is 1. The van der Waals surface area contributed by atoms with Gasteiger partial charge in [-0.2, -0.15) is 0 Å². The predicted octanol–water partition coefficient (Wildman–Crippen LogP) is 4.91. The monoisotopic (exact) mass is 370 g/mol. The van der Waals surface area contributed by atoms with Crippen molar-refractivity contribution < 1.29 is 19.1 Å². The number of hydrogen-bond donors (Lipinski definition) is 1. The van der Waals surface area contributed by atoms with Gasteiger partial charge < -0.3 is 14.3 Å². The van der Waals surface area contributed by atoms with Gasteiger partial charge in [0.15, 0.2) is 0 Å². The lowest BCUT2D eigenvalue weighted by Gasteiger charge is -2.07. The van der Waals surface area contributed by atoms with Crippen LogP contribution < -0.4 is 5.63 Å². The molecule has 1 aromatic heterocycles. The molecule has 0 aliphatic rings. The molecule has 144 valence electrons. The highest BCUT2D eigenvalue weighted by Crippen LogP contribution is 2.26. The van der Waals surface area contributed by atoms with E-state index in [9.17, 15) is 14.7 Å². The van der Waals surface area contributed by atoms with Crippen LogP contribution in [-0.2, 0) is 11.2 Å². The fourth-order valence-corrected chi connectivity index (χ4v) is 2.69. The molecule has 0 spiro atoms. The first kappa shape index (κ1) is 20.5. The Balaban J connectivity index is 2.28. The number of phenols is 1. The Morgan fingerprint density at radius 2 is 1.93 bits per heavy atom. The lowest BCUT2D eigenvalue weighted by atomic mass is 10.0. The highest BCUT2D eigenvalue weighted by Gasteiger charge is 2.16. The zero-order chi connectivity index (χ0) is 20.0. The van der Waals surface area contributed by atoms with Crippen molar-refractivity contribution >= 4 is 16.9 Å². The second kappa shape index (κ2) is 9.21. The van der Waals surface area contributed by atoms with E-state index in [-0.39, 0.29) is 23.5 Å². The Morgan fingerprint density at radius 1 is 1.19 bits per heavy atom. The summed E-state index contributed by atoms with van der Waals surface area (Å²) in [6, 6.07) is 4.59. The van der Waals surface area contributed by atoms with Crippen LogP contribution in [0.3, 0.4) is 0 Å². The van der Waals surface area contributed by atoms with Crippen molar-refractivity contribution in [3.8, 4) is 5.75 Å². The third-order valence-electron chi connectivity index (χ3n) is 4.19. The van der Waals surface area contributed by atoms with Crippen molar-refractivity contribution in [2.45, 2.75) is 47.0 Å². The zero-order valence-corrected chi connectivity index (χ0v) is 16.3. The molecular formula is C22H26O5. The fourth-order valence-electron chi connectivity index (χ4n) is 2.69. The van der Waals surface area contributed by atoms with Crippen LogP contribution in [0.1, 0.15) is 56.5 Å². The lowest BCUT2D eigenvalue weighted by molar-refractivity contribution is 0.0522. The number of aromatic hydroxyl groups is 1. The molecule has 1 aromatic carbocycles. The Bertz CT molecular complexity index is 943. The van der Waals surface area contributed by atoms with Crippen molar-refractivity contribution in [2.75, 3.05) is 6.61 Å². The number of carbonyl (C=O) groups excluding carboxylic acids is 1. The summed E-state index contributed by atoms with van der Waals surface area (Å²) in [5.74, 6) is -0.652. The van der Waals surface area contributed by atoms with E-state index >= 15 is 0 Å². The van der Waals surface area contributed by atoms with Gasteiger partial charge in [-0.15, -0.1) is 0 Å². The molecule has 2 rings (SSSR count). The van der Waals surface area contributed by atoms with Crippen molar-refractivity contribution in [3.63, 3.8) is 0 Å². The van der Waals surface area contributed by atoms with Crippen molar-refractivity contribution in [3.05, 3.63) is 63.0 Å². The van der Waals surface area contributed by atoms with Crippen molar-refractivity contribution in [1.29, 1.82) is 0 Å². The topological polar surface area (TPSA) is 76.7 Å². The highest BCUT2D eigenvalue weighted by atomic mass is 16.5. The number of hydrogen-bond acceptors (Lipinski definition) is 5. The van der Waals surface area contributed by atoms with E-state index in [4.69, 9.17) is 9.15 Å². The van der Waals surface area contributed by atoms with Crippen LogP contribution in [0, 0.1) is 0 Å². The summed E-state index contributed by atoms with van der Waals surface area (Å²) in [6.45, 7) is 8.07. The summed E-state index contributed by atoms with van der Waals surface area (Å²) in [4.78, 5) is 23.8. The van der Waals surface area contributed by atoms with Gasteiger partial charge >= 0.3 is 11.6 Å². The van der Waals surface area contributed by atoms with E-state index in [0.717, 1.165) is 12.8 Å².